The second-order valence-corrected chi connectivity index (χ2v) is 2.88. The molecule has 3 amide bonds. The third-order valence-corrected chi connectivity index (χ3v) is 2.06. The molecule has 8 heteroatoms. The molecular weight excluding hydrogens is 205 g/mol. The molecule has 0 saturated carbocycles. The van der Waals surface area contributed by atoms with Crippen molar-refractivity contribution in [2.45, 2.75) is 11.9 Å². The molecule has 1 saturated heterocycles. The number of urea groups is 1. The quantitative estimate of drug-likeness (QED) is 0.564. The smallest absolute Gasteiger partial charge is 0.356 e. The molecule has 1 aliphatic heterocycles. The Labute approximate surface area is 76.7 Å². The monoisotopic (exact) mass is 212 g/mol. The number of rotatable bonds is 0. The summed E-state index contributed by atoms with van der Waals surface area (Å²) in [7, 11) is 1.57. The topological polar surface area (TPSA) is 60.9 Å². The molecule has 1 N–H and O–H groups in total. The van der Waals surface area contributed by atoms with E-state index in [0.717, 1.165) is 7.05 Å². The normalized spacial score (nSPS) is 29.0. The van der Waals surface area contributed by atoms with E-state index in [9.17, 15) is 22.8 Å². The summed E-state index contributed by atoms with van der Waals surface area (Å²) in [6.07, 6.45) is -5.21. The van der Waals surface area contributed by atoms with E-state index in [1.54, 1.807) is 0 Å². The van der Waals surface area contributed by atoms with Gasteiger partial charge in [0.05, 0.1) is 0 Å². The first-order valence-electron chi connectivity index (χ1n) is 3.49. The van der Waals surface area contributed by atoms with Gasteiger partial charge in [-0.15, -0.1) is 0 Å². The van der Waals surface area contributed by atoms with Crippen molar-refractivity contribution in [2.24, 2.45) is 0 Å². The fraction of sp³-hybridized carbons (Fsp3) is 0.667. The largest absolute Gasteiger partial charge is 0.446 e. The minimum atomic E-state index is -5.21. The van der Waals surface area contributed by atoms with Crippen molar-refractivity contribution in [1.82, 2.24) is 9.80 Å². The zero-order valence-electron chi connectivity index (χ0n) is 7.29. The van der Waals surface area contributed by atoms with Crippen molar-refractivity contribution in [1.29, 1.82) is 0 Å². The van der Waals surface area contributed by atoms with Crippen molar-refractivity contribution >= 4 is 11.9 Å². The van der Waals surface area contributed by atoms with Crippen LogP contribution in [0, 0.1) is 0 Å². The molecule has 80 valence electrons. The van der Waals surface area contributed by atoms with E-state index < -0.39 is 23.8 Å². The molecule has 1 heterocycles. The highest BCUT2D eigenvalue weighted by molar-refractivity contribution is 6.05. The number of aliphatic hydroxyl groups is 1. The van der Waals surface area contributed by atoms with Crippen molar-refractivity contribution in [2.75, 3.05) is 14.1 Å². The maximum atomic E-state index is 12.3. The van der Waals surface area contributed by atoms with E-state index in [-0.39, 0.29) is 9.80 Å². The van der Waals surface area contributed by atoms with Crippen LogP contribution in [0.3, 0.4) is 0 Å². The molecule has 1 rings (SSSR count). The summed E-state index contributed by atoms with van der Waals surface area (Å²) < 4.78 is 36.9. The summed E-state index contributed by atoms with van der Waals surface area (Å²) >= 11 is 0. The molecule has 0 spiro atoms. The van der Waals surface area contributed by atoms with Gasteiger partial charge in [-0.2, -0.15) is 13.2 Å². The number of hydrogen-bond acceptors (Lipinski definition) is 3. The zero-order valence-corrected chi connectivity index (χ0v) is 7.29. The number of carbonyl (C=O) groups is 2. The lowest BCUT2D eigenvalue weighted by Gasteiger charge is -2.28. The van der Waals surface area contributed by atoms with Crippen LogP contribution >= 0.6 is 0 Å². The van der Waals surface area contributed by atoms with Crippen molar-refractivity contribution in [3.63, 3.8) is 0 Å². The Balaban J connectivity index is 3.25. The van der Waals surface area contributed by atoms with Gasteiger partial charge in [0.2, 0.25) is 0 Å². The number of alkyl halides is 3. The second kappa shape index (κ2) is 2.59. The summed E-state index contributed by atoms with van der Waals surface area (Å²) in [6.45, 7) is 0. The van der Waals surface area contributed by atoms with Gasteiger partial charge in [0, 0.05) is 14.1 Å². The molecule has 0 bridgehead atoms. The summed E-state index contributed by atoms with van der Waals surface area (Å²) in [4.78, 5) is 22.1. The Morgan fingerprint density at radius 1 is 1.29 bits per heavy atom. The van der Waals surface area contributed by atoms with Gasteiger partial charge in [-0.25, -0.2) is 4.79 Å². The van der Waals surface area contributed by atoms with Gasteiger partial charge < -0.3 is 5.11 Å². The van der Waals surface area contributed by atoms with Gasteiger partial charge in [0.15, 0.2) is 0 Å². The SMILES string of the molecule is CN1C(=O)N(C)C(O)(C(F)(F)F)C1=O. The summed E-state index contributed by atoms with van der Waals surface area (Å²) in [6, 6.07) is -1.20. The predicted molar refractivity (Wildman–Crippen MR) is 36.9 cm³/mol. The summed E-state index contributed by atoms with van der Waals surface area (Å²) in [5.74, 6) is -1.70. The van der Waals surface area contributed by atoms with Crippen molar-refractivity contribution in [3.05, 3.63) is 0 Å². The van der Waals surface area contributed by atoms with Crippen LogP contribution in [0.15, 0.2) is 0 Å². The maximum absolute atomic E-state index is 12.3. The molecule has 0 aromatic rings. The highest BCUT2D eigenvalue weighted by atomic mass is 19.4. The molecule has 1 fully saturated rings. The number of amides is 3. The van der Waals surface area contributed by atoms with Crippen LogP contribution in [0.4, 0.5) is 18.0 Å². The third kappa shape index (κ3) is 0.999. The van der Waals surface area contributed by atoms with Crippen molar-refractivity contribution in [3.8, 4) is 0 Å². The Hall–Kier alpha value is -1.31. The van der Waals surface area contributed by atoms with Gasteiger partial charge >= 0.3 is 17.9 Å². The lowest BCUT2D eigenvalue weighted by molar-refractivity contribution is -0.280. The number of carbonyl (C=O) groups excluding carboxylic acids is 2. The average molecular weight is 212 g/mol. The Kier molecular flexibility index (Phi) is 2.00. The van der Waals surface area contributed by atoms with Crippen LogP contribution in [0.5, 0.6) is 0 Å². The van der Waals surface area contributed by atoms with E-state index in [4.69, 9.17) is 5.11 Å². The van der Waals surface area contributed by atoms with Gasteiger partial charge in [-0.1, -0.05) is 0 Å². The van der Waals surface area contributed by atoms with Crippen LogP contribution in [-0.4, -0.2) is 52.8 Å². The highest BCUT2D eigenvalue weighted by Crippen LogP contribution is 2.38. The van der Waals surface area contributed by atoms with Crippen LogP contribution in [-0.2, 0) is 4.79 Å². The molecule has 0 aromatic heterocycles. The average Bonchev–Trinajstić information content (AvgIpc) is 2.21. The van der Waals surface area contributed by atoms with Gasteiger partial charge in [-0.3, -0.25) is 14.6 Å². The molecule has 0 aromatic carbocycles. The molecular formula is C6H7F3N2O3. The van der Waals surface area contributed by atoms with Crippen LogP contribution in [0.2, 0.25) is 0 Å². The fourth-order valence-corrected chi connectivity index (χ4v) is 1.14. The number of imide groups is 1. The molecule has 0 radical (unpaired) electrons. The van der Waals surface area contributed by atoms with E-state index >= 15 is 0 Å². The Morgan fingerprint density at radius 3 is 1.86 bits per heavy atom. The summed E-state index contributed by atoms with van der Waals surface area (Å²) in [5, 5.41) is 9.09. The predicted octanol–water partition coefficient (Wildman–Crippen LogP) is -0.239. The van der Waals surface area contributed by atoms with E-state index in [1.807, 2.05) is 0 Å². The number of nitrogens with zero attached hydrogens (tertiary/aromatic N) is 2. The van der Waals surface area contributed by atoms with E-state index in [1.165, 1.54) is 0 Å². The molecule has 14 heavy (non-hydrogen) atoms. The fourth-order valence-electron chi connectivity index (χ4n) is 1.14. The highest BCUT2D eigenvalue weighted by Gasteiger charge is 2.69. The first kappa shape index (κ1) is 10.8. The lowest BCUT2D eigenvalue weighted by atomic mass is 10.2. The number of likely N-dealkylation sites (N-methyl/N-ethyl adjacent to an activating group) is 2. The second-order valence-electron chi connectivity index (χ2n) is 2.88. The zero-order chi connectivity index (χ0) is 11.3. The Morgan fingerprint density at radius 2 is 1.71 bits per heavy atom. The van der Waals surface area contributed by atoms with Gasteiger partial charge in [0.25, 0.3) is 5.91 Å². The minimum absolute atomic E-state index is 0.0463. The van der Waals surface area contributed by atoms with Gasteiger partial charge in [-0.05, 0) is 0 Å². The third-order valence-electron chi connectivity index (χ3n) is 2.06. The minimum Gasteiger partial charge on any atom is -0.356 e. The van der Waals surface area contributed by atoms with Crippen LogP contribution in [0.1, 0.15) is 0 Å². The molecule has 5 nitrogen and oxygen atoms in total. The molecule has 1 unspecified atom stereocenters. The lowest BCUT2D eigenvalue weighted by Crippen LogP contribution is -2.59. The first-order valence-corrected chi connectivity index (χ1v) is 3.49. The first-order chi connectivity index (χ1) is 6.14. The van der Waals surface area contributed by atoms with Gasteiger partial charge in [0.1, 0.15) is 0 Å². The standard InChI is InChI=1S/C6H7F3N2O3/c1-10-3(12)5(14,6(7,8)9)11(2)4(10)13/h14H,1-2H3. The maximum Gasteiger partial charge on any atom is 0.446 e. The summed E-state index contributed by atoms with van der Waals surface area (Å²) in [5.41, 5.74) is -3.74. The molecule has 1 aliphatic rings. The van der Waals surface area contributed by atoms with Crippen molar-refractivity contribution < 1.29 is 27.9 Å². The number of hydrogen-bond donors (Lipinski definition) is 1. The van der Waals surface area contributed by atoms with Crippen LogP contribution in [0.25, 0.3) is 0 Å². The molecule has 1 atom stereocenters. The Bertz CT molecular complexity index is 303. The number of halogens is 3. The van der Waals surface area contributed by atoms with E-state index in [2.05, 4.69) is 0 Å². The van der Waals surface area contributed by atoms with Crippen LogP contribution < -0.4 is 0 Å². The molecule has 0 aliphatic carbocycles. The van der Waals surface area contributed by atoms with E-state index in [0.29, 0.717) is 7.05 Å².